The van der Waals surface area contributed by atoms with E-state index in [1.165, 1.54) is 12.1 Å². The molecule has 0 unspecified atom stereocenters. The number of nitrogens with zero attached hydrogens (tertiary/aromatic N) is 1. The Hall–Kier alpha value is -1.44. The third-order valence-electron chi connectivity index (χ3n) is 4.75. The van der Waals surface area contributed by atoms with Gasteiger partial charge in [-0.1, -0.05) is 13.0 Å². The summed E-state index contributed by atoms with van der Waals surface area (Å²) < 4.78 is 28.4. The number of benzene rings is 1. The van der Waals surface area contributed by atoms with Crippen LogP contribution in [0.3, 0.4) is 0 Å². The maximum atomic E-state index is 12.8. The second-order valence-corrected chi connectivity index (χ2v) is 9.22. The molecule has 1 aliphatic heterocycles. The van der Waals surface area contributed by atoms with Gasteiger partial charge in [0, 0.05) is 24.7 Å². The van der Waals surface area contributed by atoms with Gasteiger partial charge in [-0.3, -0.25) is 4.90 Å². The molecule has 0 saturated carbocycles. The normalized spacial score (nSPS) is 17.6. The maximum Gasteiger partial charge on any atom is 0.335 e. The van der Waals surface area contributed by atoms with Gasteiger partial charge >= 0.3 is 5.97 Å². The zero-order valence-corrected chi connectivity index (χ0v) is 16.2. The van der Waals surface area contributed by atoms with Crippen molar-refractivity contribution < 1.29 is 18.3 Å². The minimum atomic E-state index is -3.74. The predicted octanol–water partition coefficient (Wildman–Crippen LogP) is 2.49. The topological polar surface area (TPSA) is 86.7 Å². The Morgan fingerprint density at radius 3 is 2.36 bits per heavy atom. The molecule has 1 aliphatic rings. The summed E-state index contributed by atoms with van der Waals surface area (Å²) in [6, 6.07) is 4.16. The molecule has 1 saturated heterocycles. The monoisotopic (exact) mass is 368 g/mol. The summed E-state index contributed by atoms with van der Waals surface area (Å²) in [5.74, 6) is -1.13. The van der Waals surface area contributed by atoms with Crippen LogP contribution in [0.15, 0.2) is 23.1 Å². The molecule has 0 bridgehead atoms. The fourth-order valence-electron chi connectivity index (χ4n) is 3.18. The van der Waals surface area contributed by atoms with Crippen molar-refractivity contribution in [3.63, 3.8) is 0 Å². The minimum Gasteiger partial charge on any atom is -0.478 e. The molecule has 0 aromatic heterocycles. The standard InChI is InChI=1S/C18H28N2O4S/c1-5-13-6-7-14(17(21)22)12-16(13)25(23,24)19-15-8-10-20(11-9-15)18(2,3)4/h6-7,12,15,19H,5,8-11H2,1-4H3,(H,21,22). The summed E-state index contributed by atoms with van der Waals surface area (Å²) in [5, 5.41) is 9.14. The van der Waals surface area contributed by atoms with E-state index in [2.05, 4.69) is 30.4 Å². The molecule has 0 spiro atoms. The lowest BCUT2D eigenvalue weighted by molar-refractivity contribution is 0.0696. The first-order chi connectivity index (χ1) is 11.5. The van der Waals surface area contributed by atoms with Crippen LogP contribution in [-0.4, -0.2) is 49.1 Å². The van der Waals surface area contributed by atoms with Crippen molar-refractivity contribution in [2.24, 2.45) is 0 Å². The van der Waals surface area contributed by atoms with Crippen molar-refractivity contribution in [1.82, 2.24) is 9.62 Å². The third-order valence-corrected chi connectivity index (χ3v) is 6.35. The molecule has 7 heteroatoms. The molecule has 0 radical (unpaired) electrons. The highest BCUT2D eigenvalue weighted by molar-refractivity contribution is 7.89. The molecule has 2 rings (SSSR count). The minimum absolute atomic E-state index is 0.0138. The van der Waals surface area contributed by atoms with Crippen molar-refractivity contribution in [2.75, 3.05) is 13.1 Å². The van der Waals surface area contributed by atoms with Gasteiger partial charge in [-0.15, -0.1) is 0 Å². The number of carboxylic acid groups (broad SMARTS) is 1. The predicted molar refractivity (Wildman–Crippen MR) is 97.4 cm³/mol. The number of sulfonamides is 1. The van der Waals surface area contributed by atoms with E-state index in [4.69, 9.17) is 5.11 Å². The Bertz CT molecular complexity index is 730. The molecular formula is C18H28N2O4S. The summed E-state index contributed by atoms with van der Waals surface area (Å²) >= 11 is 0. The van der Waals surface area contributed by atoms with Crippen molar-refractivity contribution in [1.29, 1.82) is 0 Å². The zero-order valence-electron chi connectivity index (χ0n) is 15.4. The van der Waals surface area contributed by atoms with Crippen LogP contribution in [0.4, 0.5) is 0 Å². The molecule has 0 amide bonds. The lowest BCUT2D eigenvalue weighted by Gasteiger charge is -2.40. The van der Waals surface area contributed by atoms with Gasteiger partial charge in [0.25, 0.3) is 0 Å². The third kappa shape index (κ3) is 4.80. The van der Waals surface area contributed by atoms with Crippen molar-refractivity contribution in [3.8, 4) is 0 Å². The summed E-state index contributed by atoms with van der Waals surface area (Å²) in [7, 11) is -3.74. The van der Waals surface area contributed by atoms with Crippen LogP contribution in [0, 0.1) is 0 Å². The number of hydrogen-bond donors (Lipinski definition) is 2. The number of piperidine rings is 1. The number of nitrogens with one attached hydrogen (secondary N) is 1. The molecule has 25 heavy (non-hydrogen) atoms. The van der Waals surface area contributed by atoms with E-state index in [9.17, 15) is 13.2 Å². The van der Waals surface area contributed by atoms with Crippen molar-refractivity contribution in [2.45, 2.75) is 63.4 Å². The van der Waals surface area contributed by atoms with E-state index in [1.54, 1.807) is 6.07 Å². The van der Waals surface area contributed by atoms with Gasteiger partial charge in [-0.2, -0.15) is 0 Å². The highest BCUT2D eigenvalue weighted by Crippen LogP contribution is 2.23. The van der Waals surface area contributed by atoms with E-state index in [-0.39, 0.29) is 22.0 Å². The fourth-order valence-corrected chi connectivity index (χ4v) is 4.82. The molecule has 1 heterocycles. The lowest BCUT2D eigenvalue weighted by atomic mass is 9.99. The van der Waals surface area contributed by atoms with Crippen LogP contribution < -0.4 is 4.72 Å². The van der Waals surface area contributed by atoms with Gasteiger partial charge in [0.15, 0.2) is 0 Å². The van der Waals surface area contributed by atoms with E-state index in [0.717, 1.165) is 25.9 Å². The van der Waals surface area contributed by atoms with Crippen LogP contribution in [0.25, 0.3) is 0 Å². The number of likely N-dealkylation sites (tertiary alicyclic amines) is 1. The molecule has 2 N–H and O–H groups in total. The zero-order chi connectivity index (χ0) is 18.8. The number of carboxylic acids is 1. The fraction of sp³-hybridized carbons (Fsp3) is 0.611. The quantitative estimate of drug-likeness (QED) is 0.834. The van der Waals surface area contributed by atoms with Gasteiger partial charge in [0.2, 0.25) is 10.0 Å². The van der Waals surface area contributed by atoms with Gasteiger partial charge in [-0.05, 0) is 57.7 Å². The summed E-state index contributed by atoms with van der Waals surface area (Å²) in [6.45, 7) is 10.0. The average Bonchev–Trinajstić information content (AvgIpc) is 2.53. The summed E-state index contributed by atoms with van der Waals surface area (Å²) in [5.41, 5.74) is 0.694. The lowest BCUT2D eigenvalue weighted by Crippen LogP contribution is -2.50. The summed E-state index contributed by atoms with van der Waals surface area (Å²) in [4.78, 5) is 13.6. The number of hydrogen-bond acceptors (Lipinski definition) is 4. The first-order valence-electron chi connectivity index (χ1n) is 8.68. The van der Waals surface area contributed by atoms with Gasteiger partial charge in [-0.25, -0.2) is 17.9 Å². The highest BCUT2D eigenvalue weighted by atomic mass is 32.2. The van der Waals surface area contributed by atoms with Crippen LogP contribution in [0.1, 0.15) is 56.5 Å². The number of aryl methyl sites for hydroxylation is 1. The molecule has 140 valence electrons. The number of aromatic carboxylic acids is 1. The Balaban J connectivity index is 2.17. The molecule has 0 aliphatic carbocycles. The molecule has 1 fully saturated rings. The Kier molecular flexibility index (Phi) is 5.91. The van der Waals surface area contributed by atoms with Crippen molar-refractivity contribution >= 4 is 16.0 Å². The molecule has 1 aromatic rings. The Labute approximate surface area is 150 Å². The molecular weight excluding hydrogens is 340 g/mol. The first kappa shape index (κ1) is 19.9. The SMILES string of the molecule is CCc1ccc(C(=O)O)cc1S(=O)(=O)NC1CCN(C(C)(C)C)CC1. The van der Waals surface area contributed by atoms with Crippen LogP contribution in [0.5, 0.6) is 0 Å². The molecule has 1 aromatic carbocycles. The van der Waals surface area contributed by atoms with Gasteiger partial charge < -0.3 is 5.11 Å². The number of carbonyl (C=O) groups is 1. The summed E-state index contributed by atoms with van der Waals surface area (Å²) in [6.07, 6.45) is 2.02. The molecule has 0 atom stereocenters. The maximum absolute atomic E-state index is 12.8. The first-order valence-corrected chi connectivity index (χ1v) is 10.2. The van der Waals surface area contributed by atoms with E-state index in [1.807, 2.05) is 6.92 Å². The van der Waals surface area contributed by atoms with Crippen molar-refractivity contribution in [3.05, 3.63) is 29.3 Å². The van der Waals surface area contributed by atoms with Crippen LogP contribution >= 0.6 is 0 Å². The van der Waals surface area contributed by atoms with Crippen LogP contribution in [-0.2, 0) is 16.4 Å². The highest BCUT2D eigenvalue weighted by Gasteiger charge is 2.30. The average molecular weight is 368 g/mol. The van der Waals surface area contributed by atoms with Gasteiger partial charge in [0.1, 0.15) is 0 Å². The second-order valence-electron chi connectivity index (χ2n) is 7.53. The molecule has 6 nitrogen and oxygen atoms in total. The largest absolute Gasteiger partial charge is 0.478 e. The van der Waals surface area contributed by atoms with E-state index in [0.29, 0.717) is 12.0 Å². The van der Waals surface area contributed by atoms with Crippen LogP contribution in [0.2, 0.25) is 0 Å². The Morgan fingerprint density at radius 2 is 1.88 bits per heavy atom. The number of rotatable bonds is 5. The smallest absolute Gasteiger partial charge is 0.335 e. The van der Waals surface area contributed by atoms with Gasteiger partial charge in [0.05, 0.1) is 10.5 Å². The van der Waals surface area contributed by atoms with E-state index < -0.39 is 16.0 Å². The van der Waals surface area contributed by atoms with E-state index >= 15 is 0 Å². The Morgan fingerprint density at radius 1 is 1.28 bits per heavy atom. The second kappa shape index (κ2) is 7.43.